The minimum absolute atomic E-state index is 0.0184. The summed E-state index contributed by atoms with van der Waals surface area (Å²) in [6, 6.07) is 9.48. The Morgan fingerprint density at radius 1 is 1.14 bits per heavy atom. The van der Waals surface area contributed by atoms with Crippen molar-refractivity contribution in [3.63, 3.8) is 0 Å². The Bertz CT molecular complexity index is 483. The van der Waals surface area contributed by atoms with Crippen LogP contribution in [0.3, 0.4) is 0 Å². The number of benzene rings is 1. The summed E-state index contributed by atoms with van der Waals surface area (Å²) >= 11 is 0. The zero-order valence-electron chi connectivity index (χ0n) is 12.7. The van der Waals surface area contributed by atoms with Crippen molar-refractivity contribution in [2.24, 2.45) is 0 Å². The first-order valence-electron chi connectivity index (χ1n) is 7.92. The topological polar surface area (TPSA) is 66.8 Å². The highest BCUT2D eigenvalue weighted by molar-refractivity contribution is 5.94. The molecule has 5 heteroatoms. The van der Waals surface area contributed by atoms with E-state index in [9.17, 15) is 9.59 Å². The predicted molar refractivity (Wildman–Crippen MR) is 82.3 cm³/mol. The van der Waals surface area contributed by atoms with Crippen LogP contribution in [0.15, 0.2) is 30.3 Å². The molecule has 0 aromatic heterocycles. The first kappa shape index (κ1) is 16.5. The van der Waals surface area contributed by atoms with E-state index in [1.165, 1.54) is 6.42 Å². The summed E-state index contributed by atoms with van der Waals surface area (Å²) in [4.78, 5) is 29.4. The summed E-state index contributed by atoms with van der Waals surface area (Å²) in [7, 11) is 0. The minimum atomic E-state index is -0.657. The Kier molecular flexibility index (Phi) is 6.40. The van der Waals surface area contributed by atoms with Gasteiger partial charge in [-0.15, -0.1) is 0 Å². The highest BCUT2D eigenvalue weighted by Gasteiger charge is 2.26. The van der Waals surface area contributed by atoms with Crippen LogP contribution < -0.4 is 0 Å². The maximum atomic E-state index is 12.7. The highest BCUT2D eigenvalue weighted by Crippen LogP contribution is 2.24. The SMILES string of the molecule is O=C(CCCN(C(=O)c1ccccc1)C1CCCCC1)OO. The summed E-state index contributed by atoms with van der Waals surface area (Å²) in [5.74, 6) is -0.638. The van der Waals surface area contributed by atoms with Crippen molar-refractivity contribution < 1.29 is 19.7 Å². The van der Waals surface area contributed by atoms with Crippen LogP contribution in [0.25, 0.3) is 0 Å². The summed E-state index contributed by atoms with van der Waals surface area (Å²) < 4.78 is 0. The minimum Gasteiger partial charge on any atom is -0.336 e. The molecule has 120 valence electrons. The van der Waals surface area contributed by atoms with Gasteiger partial charge in [0.1, 0.15) is 0 Å². The van der Waals surface area contributed by atoms with E-state index in [0.717, 1.165) is 25.7 Å². The van der Waals surface area contributed by atoms with E-state index < -0.39 is 5.97 Å². The maximum absolute atomic E-state index is 12.7. The summed E-state index contributed by atoms with van der Waals surface area (Å²) in [5, 5.41) is 8.31. The van der Waals surface area contributed by atoms with E-state index in [4.69, 9.17) is 5.26 Å². The molecule has 1 amide bonds. The van der Waals surface area contributed by atoms with Crippen molar-refractivity contribution in [2.75, 3.05) is 6.54 Å². The fourth-order valence-electron chi connectivity index (χ4n) is 3.03. The molecule has 22 heavy (non-hydrogen) atoms. The second kappa shape index (κ2) is 8.54. The average Bonchev–Trinajstić information content (AvgIpc) is 2.59. The standard InChI is InChI=1S/C17H23NO4/c19-16(22-21)12-7-13-18(15-10-5-2-6-11-15)17(20)14-8-3-1-4-9-14/h1,3-4,8-9,15,21H,2,5-7,10-13H2. The second-order valence-electron chi connectivity index (χ2n) is 5.72. The van der Waals surface area contributed by atoms with Gasteiger partial charge in [0.05, 0.1) is 6.42 Å². The molecule has 5 nitrogen and oxygen atoms in total. The molecule has 0 bridgehead atoms. The van der Waals surface area contributed by atoms with Crippen LogP contribution >= 0.6 is 0 Å². The smallest absolute Gasteiger partial charge is 0.336 e. The van der Waals surface area contributed by atoms with Crippen LogP contribution in [-0.4, -0.2) is 34.6 Å². The third-order valence-corrected chi connectivity index (χ3v) is 4.18. The number of rotatable bonds is 6. The van der Waals surface area contributed by atoms with Crippen molar-refractivity contribution in [3.05, 3.63) is 35.9 Å². The summed E-state index contributed by atoms with van der Waals surface area (Å²) in [6.07, 6.45) is 6.15. The van der Waals surface area contributed by atoms with Gasteiger partial charge in [-0.2, -0.15) is 5.26 Å². The Labute approximate surface area is 130 Å². The lowest BCUT2D eigenvalue weighted by atomic mass is 9.93. The normalized spacial score (nSPS) is 15.3. The number of amides is 1. The summed E-state index contributed by atoms with van der Waals surface area (Å²) in [5.41, 5.74) is 0.679. The van der Waals surface area contributed by atoms with Gasteiger partial charge in [-0.25, -0.2) is 4.79 Å². The molecule has 0 saturated heterocycles. The van der Waals surface area contributed by atoms with Gasteiger partial charge in [-0.1, -0.05) is 37.5 Å². The van der Waals surface area contributed by atoms with E-state index in [1.54, 1.807) is 0 Å². The first-order chi connectivity index (χ1) is 10.7. The number of hydrogen-bond acceptors (Lipinski definition) is 4. The fraction of sp³-hybridized carbons (Fsp3) is 0.529. The van der Waals surface area contributed by atoms with E-state index in [0.29, 0.717) is 18.5 Å². The average molecular weight is 305 g/mol. The van der Waals surface area contributed by atoms with E-state index in [-0.39, 0.29) is 18.4 Å². The van der Waals surface area contributed by atoms with Crippen molar-refractivity contribution in [1.29, 1.82) is 0 Å². The van der Waals surface area contributed by atoms with E-state index in [2.05, 4.69) is 4.89 Å². The van der Waals surface area contributed by atoms with Gasteiger partial charge in [-0.05, 0) is 31.4 Å². The Morgan fingerprint density at radius 3 is 2.45 bits per heavy atom. The Morgan fingerprint density at radius 2 is 1.82 bits per heavy atom. The van der Waals surface area contributed by atoms with Gasteiger partial charge in [0.25, 0.3) is 5.91 Å². The molecule has 0 unspecified atom stereocenters. The number of hydrogen-bond donors (Lipinski definition) is 1. The molecule has 1 aliphatic rings. The molecule has 1 N–H and O–H groups in total. The van der Waals surface area contributed by atoms with Gasteiger partial charge in [0.2, 0.25) is 0 Å². The Balaban J connectivity index is 2.03. The maximum Gasteiger partial charge on any atom is 0.342 e. The second-order valence-corrected chi connectivity index (χ2v) is 5.72. The van der Waals surface area contributed by atoms with Crippen molar-refractivity contribution >= 4 is 11.9 Å². The molecule has 2 rings (SSSR count). The van der Waals surface area contributed by atoms with Crippen LogP contribution in [0.5, 0.6) is 0 Å². The molecular formula is C17H23NO4. The lowest BCUT2D eigenvalue weighted by Gasteiger charge is -2.34. The molecule has 1 aromatic carbocycles. The highest BCUT2D eigenvalue weighted by atomic mass is 17.1. The van der Waals surface area contributed by atoms with Crippen molar-refractivity contribution in [2.45, 2.75) is 51.0 Å². The first-order valence-corrected chi connectivity index (χ1v) is 7.92. The molecule has 1 fully saturated rings. The molecule has 1 aliphatic carbocycles. The molecule has 0 spiro atoms. The number of carbonyl (C=O) groups excluding carboxylic acids is 2. The third kappa shape index (κ3) is 4.56. The third-order valence-electron chi connectivity index (χ3n) is 4.18. The van der Waals surface area contributed by atoms with E-state index in [1.807, 2.05) is 35.2 Å². The number of carbonyl (C=O) groups is 2. The lowest BCUT2D eigenvalue weighted by molar-refractivity contribution is -0.234. The summed E-state index contributed by atoms with van der Waals surface area (Å²) in [6.45, 7) is 0.507. The molecule has 0 aliphatic heterocycles. The van der Waals surface area contributed by atoms with Crippen molar-refractivity contribution in [1.82, 2.24) is 4.90 Å². The molecule has 0 radical (unpaired) electrons. The van der Waals surface area contributed by atoms with Crippen LogP contribution in [0.2, 0.25) is 0 Å². The van der Waals surface area contributed by atoms with Gasteiger partial charge < -0.3 is 9.79 Å². The molecule has 1 saturated carbocycles. The lowest BCUT2D eigenvalue weighted by Crippen LogP contribution is -2.42. The van der Waals surface area contributed by atoms with Crippen LogP contribution in [0.1, 0.15) is 55.3 Å². The van der Waals surface area contributed by atoms with Crippen LogP contribution in [-0.2, 0) is 9.68 Å². The molecular weight excluding hydrogens is 282 g/mol. The largest absolute Gasteiger partial charge is 0.342 e. The number of nitrogens with zero attached hydrogens (tertiary/aromatic N) is 1. The Hall–Kier alpha value is -1.88. The van der Waals surface area contributed by atoms with Gasteiger partial charge >= 0.3 is 5.97 Å². The van der Waals surface area contributed by atoms with E-state index >= 15 is 0 Å². The van der Waals surface area contributed by atoms with Gasteiger partial charge in [0.15, 0.2) is 0 Å². The zero-order chi connectivity index (χ0) is 15.8. The molecule has 1 aromatic rings. The van der Waals surface area contributed by atoms with Crippen LogP contribution in [0.4, 0.5) is 0 Å². The zero-order valence-corrected chi connectivity index (χ0v) is 12.7. The quantitative estimate of drug-likeness (QED) is 0.647. The monoisotopic (exact) mass is 305 g/mol. The van der Waals surface area contributed by atoms with Crippen LogP contribution in [0, 0.1) is 0 Å². The molecule has 0 atom stereocenters. The van der Waals surface area contributed by atoms with Gasteiger partial charge in [0, 0.05) is 18.2 Å². The van der Waals surface area contributed by atoms with Gasteiger partial charge in [-0.3, -0.25) is 4.79 Å². The fourth-order valence-corrected chi connectivity index (χ4v) is 3.03. The molecule has 0 heterocycles. The van der Waals surface area contributed by atoms with Crippen molar-refractivity contribution in [3.8, 4) is 0 Å². The predicted octanol–water partition coefficient (Wildman–Crippen LogP) is 3.26.